The third-order valence-electron chi connectivity index (χ3n) is 4.07. The Labute approximate surface area is 116 Å². The molecule has 6 heteroatoms. The van der Waals surface area contributed by atoms with E-state index in [0.29, 0.717) is 17.9 Å². The van der Waals surface area contributed by atoms with E-state index in [0.717, 1.165) is 30.2 Å². The van der Waals surface area contributed by atoms with Crippen LogP contribution in [0.5, 0.6) is 0 Å². The molecule has 2 aromatic rings. The molecule has 0 radical (unpaired) electrons. The van der Waals surface area contributed by atoms with Crippen LogP contribution in [0, 0.1) is 0 Å². The van der Waals surface area contributed by atoms with Gasteiger partial charge in [-0.1, -0.05) is 0 Å². The lowest BCUT2D eigenvalue weighted by Gasteiger charge is -2.40. The molecule has 1 aromatic carbocycles. The number of nitrogens with two attached hydrogens (primary N) is 1. The fourth-order valence-corrected chi connectivity index (χ4v) is 2.55. The van der Waals surface area contributed by atoms with Crippen LogP contribution < -0.4 is 11.1 Å². The zero-order chi connectivity index (χ0) is 14.2. The maximum absolute atomic E-state index is 12.2. The highest BCUT2D eigenvalue weighted by atomic mass is 16.5. The van der Waals surface area contributed by atoms with Crippen LogP contribution in [0.25, 0.3) is 10.9 Å². The predicted octanol–water partition coefficient (Wildman–Crippen LogP) is 1.44. The van der Waals surface area contributed by atoms with Gasteiger partial charge in [0.15, 0.2) is 5.69 Å². The van der Waals surface area contributed by atoms with Crippen LogP contribution in [0.1, 0.15) is 29.8 Å². The van der Waals surface area contributed by atoms with Gasteiger partial charge in [-0.2, -0.15) is 5.10 Å². The summed E-state index contributed by atoms with van der Waals surface area (Å²) in [6.07, 6.45) is 3.11. The van der Waals surface area contributed by atoms with E-state index >= 15 is 0 Å². The van der Waals surface area contributed by atoms with Gasteiger partial charge in [-0.25, -0.2) is 0 Å². The van der Waals surface area contributed by atoms with Crippen LogP contribution in [0.15, 0.2) is 18.2 Å². The van der Waals surface area contributed by atoms with Gasteiger partial charge in [0.05, 0.1) is 11.1 Å². The molecule has 1 saturated carbocycles. The summed E-state index contributed by atoms with van der Waals surface area (Å²) in [7, 11) is 1.69. The molecule has 0 atom stereocenters. The molecule has 1 aliphatic rings. The molecule has 0 aliphatic heterocycles. The third-order valence-corrected chi connectivity index (χ3v) is 4.07. The number of anilines is 1. The van der Waals surface area contributed by atoms with Crippen molar-refractivity contribution in [3.05, 3.63) is 23.9 Å². The minimum absolute atomic E-state index is 0.194. The van der Waals surface area contributed by atoms with Crippen molar-refractivity contribution >= 4 is 22.5 Å². The van der Waals surface area contributed by atoms with Crippen molar-refractivity contribution in [1.82, 2.24) is 15.5 Å². The standard InChI is InChI=1S/C14H18N4O2/c1-20-14(5-2-6-14)8-16-13(19)12-10-7-9(15)3-4-11(10)17-18-12/h3-4,7H,2,5-6,8,15H2,1H3,(H,16,19)(H,17,18). The van der Waals surface area contributed by atoms with Crippen molar-refractivity contribution < 1.29 is 9.53 Å². The lowest BCUT2D eigenvalue weighted by molar-refractivity contribution is -0.0679. The Morgan fingerprint density at radius 2 is 2.35 bits per heavy atom. The summed E-state index contributed by atoms with van der Waals surface area (Å²) in [6.45, 7) is 0.513. The second-order valence-corrected chi connectivity index (χ2v) is 5.30. The number of ether oxygens (including phenoxy) is 1. The first-order chi connectivity index (χ1) is 9.63. The zero-order valence-electron chi connectivity index (χ0n) is 11.4. The van der Waals surface area contributed by atoms with Crippen LogP contribution in [0.4, 0.5) is 5.69 Å². The molecule has 0 spiro atoms. The van der Waals surface area contributed by atoms with Crippen molar-refractivity contribution in [1.29, 1.82) is 0 Å². The molecule has 4 N–H and O–H groups in total. The molecular weight excluding hydrogens is 256 g/mol. The molecule has 0 unspecified atom stereocenters. The number of fused-ring (bicyclic) bond motifs is 1. The number of carbonyl (C=O) groups excluding carboxylic acids is 1. The number of amides is 1. The first kappa shape index (κ1) is 12.9. The largest absolute Gasteiger partial charge is 0.399 e. The number of hydrogen-bond acceptors (Lipinski definition) is 4. The second-order valence-electron chi connectivity index (χ2n) is 5.30. The second kappa shape index (κ2) is 4.79. The Hall–Kier alpha value is -2.08. The first-order valence-corrected chi connectivity index (χ1v) is 6.70. The highest BCUT2D eigenvalue weighted by Gasteiger charge is 2.37. The minimum Gasteiger partial charge on any atom is -0.399 e. The Balaban J connectivity index is 1.77. The number of nitrogens with one attached hydrogen (secondary N) is 2. The van der Waals surface area contributed by atoms with Gasteiger partial charge in [0.25, 0.3) is 5.91 Å². The monoisotopic (exact) mass is 274 g/mol. The van der Waals surface area contributed by atoms with Gasteiger partial charge in [0.1, 0.15) is 0 Å². The molecule has 106 valence electrons. The number of nitrogens with zero attached hydrogens (tertiary/aromatic N) is 1. The molecule has 1 fully saturated rings. The van der Waals surface area contributed by atoms with Crippen molar-refractivity contribution in [2.24, 2.45) is 0 Å². The topological polar surface area (TPSA) is 93.0 Å². The number of carbonyl (C=O) groups is 1. The fourth-order valence-electron chi connectivity index (χ4n) is 2.55. The van der Waals surface area contributed by atoms with Crippen LogP contribution in [0.2, 0.25) is 0 Å². The number of H-pyrrole nitrogens is 1. The van der Waals surface area contributed by atoms with E-state index in [2.05, 4.69) is 15.5 Å². The predicted molar refractivity (Wildman–Crippen MR) is 76.4 cm³/mol. The number of rotatable bonds is 4. The highest BCUT2D eigenvalue weighted by Crippen LogP contribution is 2.34. The van der Waals surface area contributed by atoms with Gasteiger partial charge in [0.2, 0.25) is 0 Å². The summed E-state index contributed by atoms with van der Waals surface area (Å²) in [5, 5.41) is 10.6. The van der Waals surface area contributed by atoms with Crippen LogP contribution >= 0.6 is 0 Å². The number of nitrogen functional groups attached to an aromatic ring is 1. The van der Waals surface area contributed by atoms with E-state index in [-0.39, 0.29) is 11.5 Å². The maximum Gasteiger partial charge on any atom is 0.272 e. The van der Waals surface area contributed by atoms with Crippen molar-refractivity contribution in [3.8, 4) is 0 Å². The van der Waals surface area contributed by atoms with Gasteiger partial charge in [-0.15, -0.1) is 0 Å². The lowest BCUT2D eigenvalue weighted by Crippen LogP contribution is -2.49. The van der Waals surface area contributed by atoms with E-state index in [1.54, 1.807) is 19.2 Å². The zero-order valence-corrected chi connectivity index (χ0v) is 11.4. The molecule has 3 rings (SSSR count). The Morgan fingerprint density at radius 3 is 3.00 bits per heavy atom. The Kier molecular flexibility index (Phi) is 3.10. The van der Waals surface area contributed by atoms with E-state index < -0.39 is 0 Å². The summed E-state index contributed by atoms with van der Waals surface area (Å²) >= 11 is 0. The molecule has 0 saturated heterocycles. The highest BCUT2D eigenvalue weighted by molar-refractivity contribution is 6.05. The minimum atomic E-state index is -0.204. The van der Waals surface area contributed by atoms with Gasteiger partial charge in [-0.05, 0) is 37.5 Å². The van der Waals surface area contributed by atoms with Gasteiger partial charge < -0.3 is 15.8 Å². The number of benzene rings is 1. The molecule has 1 heterocycles. The molecule has 1 aliphatic carbocycles. The quantitative estimate of drug-likeness (QED) is 0.735. The lowest BCUT2D eigenvalue weighted by atomic mass is 9.80. The van der Waals surface area contributed by atoms with E-state index in [1.807, 2.05) is 6.07 Å². The number of methoxy groups -OCH3 is 1. The fraction of sp³-hybridized carbons (Fsp3) is 0.429. The van der Waals surface area contributed by atoms with Crippen LogP contribution in [-0.2, 0) is 4.74 Å². The van der Waals surface area contributed by atoms with Gasteiger partial charge in [0, 0.05) is 24.7 Å². The summed E-state index contributed by atoms with van der Waals surface area (Å²) in [6, 6.07) is 5.34. The normalized spacial score (nSPS) is 16.9. The molecular formula is C14H18N4O2. The van der Waals surface area contributed by atoms with E-state index in [1.165, 1.54) is 0 Å². The van der Waals surface area contributed by atoms with Crippen LogP contribution in [-0.4, -0.2) is 35.4 Å². The Bertz CT molecular complexity index is 640. The first-order valence-electron chi connectivity index (χ1n) is 6.70. The van der Waals surface area contributed by atoms with Crippen LogP contribution in [0.3, 0.4) is 0 Å². The summed E-state index contributed by atoms with van der Waals surface area (Å²) < 4.78 is 5.49. The van der Waals surface area contributed by atoms with Gasteiger partial charge in [-0.3, -0.25) is 9.89 Å². The number of aromatic nitrogens is 2. The average Bonchev–Trinajstić information content (AvgIpc) is 2.80. The van der Waals surface area contributed by atoms with E-state index in [4.69, 9.17) is 10.5 Å². The Morgan fingerprint density at radius 1 is 1.55 bits per heavy atom. The molecule has 1 aromatic heterocycles. The summed E-state index contributed by atoms with van der Waals surface area (Å²) in [5.41, 5.74) is 7.35. The van der Waals surface area contributed by atoms with Crippen molar-refractivity contribution in [2.45, 2.75) is 24.9 Å². The average molecular weight is 274 g/mol. The smallest absolute Gasteiger partial charge is 0.272 e. The molecule has 20 heavy (non-hydrogen) atoms. The summed E-state index contributed by atoms with van der Waals surface area (Å²) in [5.74, 6) is -0.204. The number of aromatic amines is 1. The molecule has 6 nitrogen and oxygen atoms in total. The summed E-state index contributed by atoms with van der Waals surface area (Å²) in [4.78, 5) is 12.2. The van der Waals surface area contributed by atoms with Gasteiger partial charge >= 0.3 is 0 Å². The third kappa shape index (κ3) is 2.12. The van der Waals surface area contributed by atoms with E-state index in [9.17, 15) is 4.79 Å². The SMILES string of the molecule is COC1(CNC(=O)c2n[nH]c3ccc(N)cc23)CCC1. The number of hydrogen-bond donors (Lipinski definition) is 3. The molecule has 1 amide bonds. The van der Waals surface area contributed by atoms with Crippen molar-refractivity contribution in [3.63, 3.8) is 0 Å². The molecule has 0 bridgehead atoms. The van der Waals surface area contributed by atoms with Crippen molar-refractivity contribution in [2.75, 3.05) is 19.4 Å². The maximum atomic E-state index is 12.2.